The van der Waals surface area contributed by atoms with Gasteiger partial charge in [-0.3, -0.25) is 19.7 Å². The van der Waals surface area contributed by atoms with E-state index in [4.69, 9.17) is 0 Å². The molecule has 7 heteroatoms. The third-order valence-corrected chi connectivity index (χ3v) is 7.32. The van der Waals surface area contributed by atoms with Gasteiger partial charge in [0.1, 0.15) is 6.04 Å². The van der Waals surface area contributed by atoms with Crippen molar-refractivity contribution >= 4 is 45.4 Å². The van der Waals surface area contributed by atoms with Gasteiger partial charge in [0.05, 0.1) is 0 Å². The van der Waals surface area contributed by atoms with Crippen LogP contribution in [0.5, 0.6) is 0 Å². The summed E-state index contributed by atoms with van der Waals surface area (Å²) in [6, 6.07) is 5.30. The highest BCUT2D eigenvalue weighted by atomic mass is 79.9. The molecule has 0 spiro atoms. The van der Waals surface area contributed by atoms with Gasteiger partial charge in [-0.15, -0.1) is 11.8 Å². The fourth-order valence-corrected chi connectivity index (χ4v) is 5.44. The Morgan fingerprint density at radius 3 is 2.48 bits per heavy atom. The number of hydrogen-bond acceptors (Lipinski definition) is 4. The number of halogens is 1. The van der Waals surface area contributed by atoms with Crippen molar-refractivity contribution in [2.45, 2.75) is 75.3 Å². The number of hydrogen-bond donors (Lipinski definition) is 1. The Balaban J connectivity index is 1.49. The van der Waals surface area contributed by atoms with Gasteiger partial charge in [-0.05, 0) is 42.7 Å². The number of amides is 3. The Kier molecular flexibility index (Phi) is 8.60. The molecule has 3 amide bonds. The largest absolute Gasteiger partial charge is 0.322 e. The van der Waals surface area contributed by atoms with Crippen LogP contribution in [0.3, 0.4) is 0 Å². The molecular formula is C22H29BrN2O3S. The van der Waals surface area contributed by atoms with Gasteiger partial charge in [-0.1, -0.05) is 54.1 Å². The maximum atomic E-state index is 12.8. The highest BCUT2D eigenvalue weighted by molar-refractivity contribution is 9.09. The van der Waals surface area contributed by atoms with Gasteiger partial charge in [-0.2, -0.15) is 0 Å². The van der Waals surface area contributed by atoms with Crippen molar-refractivity contribution in [1.29, 1.82) is 0 Å². The summed E-state index contributed by atoms with van der Waals surface area (Å²) in [6.07, 6.45) is 9.62. The predicted octanol–water partition coefficient (Wildman–Crippen LogP) is 4.67. The first-order valence-electron chi connectivity index (χ1n) is 10.6. The molecule has 1 saturated heterocycles. The van der Waals surface area contributed by atoms with Gasteiger partial charge in [0.25, 0.3) is 5.91 Å². The van der Waals surface area contributed by atoms with E-state index in [1.54, 1.807) is 4.90 Å². The number of thioether (sulfide) groups is 1. The Bertz CT molecular complexity index is 756. The van der Waals surface area contributed by atoms with Crippen LogP contribution in [-0.2, 0) is 16.1 Å². The number of benzene rings is 1. The van der Waals surface area contributed by atoms with Crippen LogP contribution in [0.25, 0.3) is 0 Å². The molecule has 0 aliphatic carbocycles. The number of nitrogens with one attached hydrogen (secondary N) is 1. The first-order chi connectivity index (χ1) is 14.1. The molecule has 0 radical (unpaired) electrons. The van der Waals surface area contributed by atoms with Gasteiger partial charge in [0, 0.05) is 28.8 Å². The second-order valence-corrected chi connectivity index (χ2v) is 9.62. The van der Waals surface area contributed by atoms with Crippen molar-refractivity contribution in [3.8, 4) is 0 Å². The summed E-state index contributed by atoms with van der Waals surface area (Å²) in [5.41, 5.74) is 1.73. The zero-order valence-corrected chi connectivity index (χ0v) is 19.2. The van der Waals surface area contributed by atoms with E-state index in [0.29, 0.717) is 18.5 Å². The summed E-state index contributed by atoms with van der Waals surface area (Å²) in [4.78, 5) is 39.2. The number of carbonyl (C=O) groups is 3. The normalized spacial score (nSPS) is 18.9. The van der Waals surface area contributed by atoms with Gasteiger partial charge >= 0.3 is 0 Å². The molecular weight excluding hydrogens is 452 g/mol. The molecule has 3 rings (SSSR count). The van der Waals surface area contributed by atoms with E-state index in [-0.39, 0.29) is 24.1 Å². The Morgan fingerprint density at radius 2 is 1.76 bits per heavy atom. The molecule has 29 heavy (non-hydrogen) atoms. The van der Waals surface area contributed by atoms with E-state index in [2.05, 4.69) is 27.3 Å². The second-order valence-electron chi connectivity index (χ2n) is 7.69. The Labute approximate surface area is 185 Å². The molecule has 0 aromatic heterocycles. The van der Waals surface area contributed by atoms with Crippen molar-refractivity contribution in [2.75, 3.05) is 11.1 Å². The van der Waals surface area contributed by atoms with Gasteiger partial charge in [0.15, 0.2) is 0 Å². The lowest BCUT2D eigenvalue weighted by Gasteiger charge is -2.29. The first kappa shape index (κ1) is 22.3. The molecule has 2 aliphatic heterocycles. The third-order valence-electron chi connectivity index (χ3n) is 5.57. The highest BCUT2D eigenvalue weighted by Crippen LogP contribution is 2.34. The van der Waals surface area contributed by atoms with Crippen LogP contribution in [0.1, 0.15) is 73.7 Å². The molecule has 158 valence electrons. The number of carbonyl (C=O) groups excluding carboxylic acids is 3. The maximum Gasteiger partial charge on any atom is 0.255 e. The smallest absolute Gasteiger partial charge is 0.255 e. The molecule has 1 fully saturated rings. The van der Waals surface area contributed by atoms with Crippen molar-refractivity contribution in [3.05, 3.63) is 29.3 Å². The van der Waals surface area contributed by atoms with Crippen LogP contribution in [0.4, 0.5) is 0 Å². The third kappa shape index (κ3) is 5.85. The summed E-state index contributed by atoms with van der Waals surface area (Å²) in [7, 11) is 0. The monoisotopic (exact) mass is 480 g/mol. The SMILES string of the molecule is O=C1CCC(N2Cc3c(SCCCCCCCCCBr)cccc3C2=O)C(=O)N1. The summed E-state index contributed by atoms with van der Waals surface area (Å²) in [5, 5.41) is 3.46. The second kappa shape index (κ2) is 11.2. The molecule has 1 aromatic rings. The maximum absolute atomic E-state index is 12.8. The quantitative estimate of drug-likeness (QED) is 0.216. The zero-order chi connectivity index (χ0) is 20.6. The minimum atomic E-state index is -0.546. The standard InChI is InChI=1S/C22H29BrN2O3S/c23-13-6-4-2-1-3-5-7-14-29-19-10-8-9-16-17(19)15-25(22(16)28)18-11-12-20(26)24-21(18)27/h8-10,18H,1-7,11-15H2,(H,24,26,27). The van der Waals surface area contributed by atoms with Crippen LogP contribution >= 0.6 is 27.7 Å². The van der Waals surface area contributed by atoms with Crippen LogP contribution < -0.4 is 5.32 Å². The lowest BCUT2D eigenvalue weighted by Crippen LogP contribution is -2.52. The zero-order valence-electron chi connectivity index (χ0n) is 16.8. The molecule has 1 aromatic carbocycles. The average Bonchev–Trinajstić information content (AvgIpc) is 3.04. The molecule has 1 N–H and O–H groups in total. The van der Waals surface area contributed by atoms with E-state index in [9.17, 15) is 14.4 Å². The van der Waals surface area contributed by atoms with E-state index < -0.39 is 6.04 Å². The molecule has 0 saturated carbocycles. The Hall–Kier alpha value is -1.34. The van der Waals surface area contributed by atoms with Crippen molar-refractivity contribution in [3.63, 3.8) is 0 Å². The van der Waals surface area contributed by atoms with E-state index in [0.717, 1.165) is 21.5 Å². The van der Waals surface area contributed by atoms with Gasteiger partial charge in [0.2, 0.25) is 11.8 Å². The summed E-state index contributed by atoms with van der Waals surface area (Å²) in [6.45, 7) is 0.456. The average molecular weight is 481 g/mol. The van der Waals surface area contributed by atoms with Crippen LogP contribution in [0, 0.1) is 0 Å². The Morgan fingerprint density at radius 1 is 1.03 bits per heavy atom. The minimum absolute atomic E-state index is 0.0968. The number of fused-ring (bicyclic) bond motifs is 1. The van der Waals surface area contributed by atoms with Crippen molar-refractivity contribution in [1.82, 2.24) is 10.2 Å². The molecule has 0 bridgehead atoms. The number of piperidine rings is 1. The van der Waals surface area contributed by atoms with Crippen LogP contribution in [-0.4, -0.2) is 39.7 Å². The molecule has 2 aliphatic rings. The molecule has 1 atom stereocenters. The molecule has 5 nitrogen and oxygen atoms in total. The predicted molar refractivity (Wildman–Crippen MR) is 119 cm³/mol. The van der Waals surface area contributed by atoms with Gasteiger partial charge < -0.3 is 4.90 Å². The highest BCUT2D eigenvalue weighted by Gasteiger charge is 2.39. The topological polar surface area (TPSA) is 66.5 Å². The summed E-state index contributed by atoms with van der Waals surface area (Å²) in [5.74, 6) is 0.340. The lowest BCUT2D eigenvalue weighted by atomic mass is 10.0. The fraction of sp³-hybridized carbons (Fsp3) is 0.591. The molecule has 1 unspecified atom stereocenters. The lowest BCUT2D eigenvalue weighted by molar-refractivity contribution is -0.136. The number of alkyl halides is 1. The number of imide groups is 1. The van der Waals surface area contributed by atoms with E-state index in [1.807, 2.05) is 23.9 Å². The van der Waals surface area contributed by atoms with Gasteiger partial charge in [-0.25, -0.2) is 0 Å². The van der Waals surface area contributed by atoms with E-state index in [1.165, 1.54) is 44.9 Å². The van der Waals surface area contributed by atoms with Crippen LogP contribution in [0.2, 0.25) is 0 Å². The number of rotatable bonds is 11. The van der Waals surface area contributed by atoms with E-state index >= 15 is 0 Å². The first-order valence-corrected chi connectivity index (χ1v) is 12.7. The molecule has 2 heterocycles. The van der Waals surface area contributed by atoms with Crippen molar-refractivity contribution in [2.24, 2.45) is 0 Å². The summed E-state index contributed by atoms with van der Waals surface area (Å²) >= 11 is 5.28. The minimum Gasteiger partial charge on any atom is -0.322 e. The van der Waals surface area contributed by atoms with Crippen molar-refractivity contribution < 1.29 is 14.4 Å². The fourth-order valence-electron chi connectivity index (χ4n) is 3.95. The number of unbranched alkanes of at least 4 members (excludes halogenated alkanes) is 6. The summed E-state index contributed by atoms with van der Waals surface area (Å²) < 4.78 is 0. The number of nitrogens with zero attached hydrogens (tertiary/aromatic N) is 1. The van der Waals surface area contributed by atoms with Crippen LogP contribution in [0.15, 0.2) is 23.1 Å².